The van der Waals surface area contributed by atoms with Crippen LogP contribution in [0.2, 0.25) is 0 Å². The largest absolute Gasteiger partial charge is 0.240 e. The minimum Gasteiger partial charge on any atom is -0.240 e. The molecule has 0 radical (unpaired) electrons. The third-order valence-corrected chi connectivity index (χ3v) is 1.62. The van der Waals surface area contributed by atoms with E-state index in [9.17, 15) is 4.39 Å². The van der Waals surface area contributed by atoms with Crippen LogP contribution in [0.5, 0.6) is 0 Å². The van der Waals surface area contributed by atoms with E-state index < -0.39 is 5.67 Å². The van der Waals surface area contributed by atoms with Gasteiger partial charge >= 0.3 is 0 Å². The highest BCUT2D eigenvalue weighted by atomic mass is 19.1. The summed E-state index contributed by atoms with van der Waals surface area (Å²) in [5.41, 5.74) is -0.268. The quantitative estimate of drug-likeness (QED) is 0.521. The van der Waals surface area contributed by atoms with Crippen molar-refractivity contribution < 1.29 is 4.39 Å². The van der Waals surface area contributed by atoms with Gasteiger partial charge in [-0.25, -0.2) is 4.39 Å². The fourth-order valence-electron chi connectivity index (χ4n) is 1.36. The van der Waals surface area contributed by atoms with E-state index in [2.05, 4.69) is 0 Å². The predicted molar refractivity (Wildman–Crippen MR) is 43.8 cm³/mol. The Bertz CT molecular complexity index is 126. The second-order valence-electron chi connectivity index (χ2n) is 3.37. The maximum Gasteiger partial charge on any atom is 0.126 e. The van der Waals surface area contributed by atoms with Gasteiger partial charge < -0.3 is 0 Å². The molecule has 0 aromatic rings. The average Bonchev–Trinajstić information content (AvgIpc) is 1.60. The second kappa shape index (κ2) is 3.18. The van der Waals surface area contributed by atoms with Crippen molar-refractivity contribution >= 4 is 0 Å². The second-order valence-corrected chi connectivity index (χ2v) is 3.37. The predicted octanol–water partition coefficient (Wildman–Crippen LogP) is 3.34. The molecule has 0 aromatic heterocycles. The first-order valence-corrected chi connectivity index (χ1v) is 3.75. The van der Waals surface area contributed by atoms with E-state index in [1.54, 1.807) is 13.8 Å². The monoisotopic (exact) mass is 144 g/mol. The number of allylic oxidation sites excluding steroid dienone is 2. The van der Waals surface area contributed by atoms with Crippen LogP contribution in [0.25, 0.3) is 0 Å². The standard InChI is InChI=1S/C9H17F/c1-6-8(7(2)3)9(4,5)10/h6-7H,1-5H3/b8-6+. The SMILES string of the molecule is C/C=C(\C(C)C)C(C)(C)F. The van der Waals surface area contributed by atoms with E-state index in [0.717, 1.165) is 5.57 Å². The van der Waals surface area contributed by atoms with E-state index in [1.165, 1.54) is 0 Å². The first kappa shape index (κ1) is 9.67. The molecule has 0 spiro atoms. The molecule has 0 saturated heterocycles. The summed E-state index contributed by atoms with van der Waals surface area (Å²) in [5, 5.41) is 0. The van der Waals surface area contributed by atoms with E-state index in [1.807, 2.05) is 26.8 Å². The van der Waals surface area contributed by atoms with Gasteiger partial charge in [0.25, 0.3) is 0 Å². The number of rotatable bonds is 2. The molecule has 0 N–H and O–H groups in total. The van der Waals surface area contributed by atoms with Crippen molar-refractivity contribution in [1.29, 1.82) is 0 Å². The van der Waals surface area contributed by atoms with Crippen molar-refractivity contribution in [3.05, 3.63) is 11.6 Å². The first-order valence-electron chi connectivity index (χ1n) is 3.75. The van der Waals surface area contributed by atoms with Gasteiger partial charge in [0.2, 0.25) is 0 Å². The molecule has 0 aromatic carbocycles. The molecular formula is C9H17F. The fourth-order valence-corrected chi connectivity index (χ4v) is 1.36. The Balaban J connectivity index is 4.40. The summed E-state index contributed by atoms with van der Waals surface area (Å²) in [7, 11) is 0. The van der Waals surface area contributed by atoms with Crippen molar-refractivity contribution in [3.63, 3.8) is 0 Å². The Morgan fingerprint density at radius 3 is 1.80 bits per heavy atom. The van der Waals surface area contributed by atoms with Gasteiger partial charge in [-0.15, -0.1) is 0 Å². The topological polar surface area (TPSA) is 0 Å². The minimum atomic E-state index is -1.15. The molecule has 0 unspecified atom stereocenters. The van der Waals surface area contributed by atoms with Crippen molar-refractivity contribution in [2.45, 2.75) is 40.3 Å². The summed E-state index contributed by atoms with van der Waals surface area (Å²) in [6.45, 7) is 9.11. The zero-order valence-corrected chi connectivity index (χ0v) is 7.53. The zero-order valence-electron chi connectivity index (χ0n) is 7.53. The lowest BCUT2D eigenvalue weighted by atomic mass is 9.90. The van der Waals surface area contributed by atoms with Gasteiger partial charge in [-0.3, -0.25) is 0 Å². The lowest BCUT2D eigenvalue weighted by Gasteiger charge is -2.21. The summed E-state index contributed by atoms with van der Waals surface area (Å²) < 4.78 is 13.2. The summed E-state index contributed by atoms with van der Waals surface area (Å²) in [6, 6.07) is 0. The number of hydrogen-bond acceptors (Lipinski definition) is 0. The van der Waals surface area contributed by atoms with Crippen molar-refractivity contribution in [2.75, 3.05) is 0 Å². The van der Waals surface area contributed by atoms with Crippen LogP contribution in [0.3, 0.4) is 0 Å². The van der Waals surface area contributed by atoms with Crippen LogP contribution in [0.4, 0.5) is 4.39 Å². The van der Waals surface area contributed by atoms with Gasteiger partial charge in [0, 0.05) is 0 Å². The molecule has 0 bridgehead atoms. The maximum absolute atomic E-state index is 13.2. The van der Waals surface area contributed by atoms with Crippen LogP contribution in [-0.2, 0) is 0 Å². The van der Waals surface area contributed by atoms with Gasteiger partial charge in [0.1, 0.15) is 5.67 Å². The van der Waals surface area contributed by atoms with E-state index in [0.29, 0.717) is 5.92 Å². The van der Waals surface area contributed by atoms with Crippen molar-refractivity contribution in [2.24, 2.45) is 5.92 Å². The van der Waals surface area contributed by atoms with Gasteiger partial charge in [-0.05, 0) is 32.3 Å². The van der Waals surface area contributed by atoms with Crippen LogP contribution < -0.4 is 0 Å². The average molecular weight is 144 g/mol. The highest BCUT2D eigenvalue weighted by Crippen LogP contribution is 2.26. The third-order valence-electron chi connectivity index (χ3n) is 1.62. The summed E-state index contributed by atoms with van der Waals surface area (Å²) in [5.74, 6) is 0.310. The Kier molecular flexibility index (Phi) is 3.07. The lowest BCUT2D eigenvalue weighted by molar-refractivity contribution is 0.250. The van der Waals surface area contributed by atoms with Gasteiger partial charge in [-0.2, -0.15) is 0 Å². The summed E-state index contributed by atoms with van der Waals surface area (Å²) in [6.07, 6.45) is 1.87. The highest BCUT2D eigenvalue weighted by Gasteiger charge is 2.22. The Morgan fingerprint density at radius 2 is 1.80 bits per heavy atom. The Hall–Kier alpha value is -0.330. The summed E-state index contributed by atoms with van der Waals surface area (Å²) in [4.78, 5) is 0. The maximum atomic E-state index is 13.2. The zero-order chi connectivity index (χ0) is 8.36. The molecule has 10 heavy (non-hydrogen) atoms. The molecule has 0 nitrogen and oxygen atoms in total. The fraction of sp³-hybridized carbons (Fsp3) is 0.778. The van der Waals surface area contributed by atoms with E-state index in [-0.39, 0.29) is 0 Å². The van der Waals surface area contributed by atoms with Crippen molar-refractivity contribution in [3.8, 4) is 0 Å². The van der Waals surface area contributed by atoms with Gasteiger partial charge in [0.15, 0.2) is 0 Å². The smallest absolute Gasteiger partial charge is 0.126 e. The molecule has 60 valence electrons. The molecule has 1 heteroatoms. The number of hydrogen-bond donors (Lipinski definition) is 0. The molecule has 0 saturated carbocycles. The third kappa shape index (κ3) is 2.51. The molecular weight excluding hydrogens is 127 g/mol. The molecule has 0 atom stereocenters. The summed E-state index contributed by atoms with van der Waals surface area (Å²) >= 11 is 0. The molecule has 0 fully saturated rings. The molecule has 0 aliphatic rings. The van der Waals surface area contributed by atoms with Crippen LogP contribution in [-0.4, -0.2) is 5.67 Å². The molecule has 0 rings (SSSR count). The van der Waals surface area contributed by atoms with E-state index in [4.69, 9.17) is 0 Å². The Labute approximate surface area is 63.1 Å². The number of halogens is 1. The van der Waals surface area contributed by atoms with E-state index >= 15 is 0 Å². The van der Waals surface area contributed by atoms with Crippen molar-refractivity contribution in [1.82, 2.24) is 0 Å². The van der Waals surface area contributed by atoms with Crippen LogP contribution in [0.1, 0.15) is 34.6 Å². The molecule has 0 aliphatic carbocycles. The van der Waals surface area contributed by atoms with Crippen LogP contribution >= 0.6 is 0 Å². The van der Waals surface area contributed by atoms with Crippen LogP contribution in [0, 0.1) is 5.92 Å². The first-order chi connectivity index (χ1) is 4.39. The van der Waals surface area contributed by atoms with Gasteiger partial charge in [0.05, 0.1) is 0 Å². The number of alkyl halides is 1. The van der Waals surface area contributed by atoms with Gasteiger partial charge in [-0.1, -0.05) is 19.9 Å². The molecule has 0 aliphatic heterocycles. The Morgan fingerprint density at radius 1 is 1.40 bits per heavy atom. The highest BCUT2D eigenvalue weighted by molar-refractivity contribution is 5.14. The van der Waals surface area contributed by atoms with Crippen LogP contribution in [0.15, 0.2) is 11.6 Å². The minimum absolute atomic E-state index is 0.310. The normalized spacial score (nSPS) is 14.5. The molecule has 0 heterocycles. The lowest BCUT2D eigenvalue weighted by Crippen LogP contribution is -2.19. The molecule has 0 amide bonds.